The maximum absolute atomic E-state index is 12.0. The summed E-state index contributed by atoms with van der Waals surface area (Å²) in [7, 11) is 1.54. The number of hydrogen-bond donors (Lipinski definition) is 2. The molecular formula is C16H18N2O3. The summed E-state index contributed by atoms with van der Waals surface area (Å²) >= 11 is 0. The molecule has 1 amide bonds. The summed E-state index contributed by atoms with van der Waals surface area (Å²) in [4.78, 5) is 23.5. The second kappa shape index (κ2) is 6.37. The van der Waals surface area contributed by atoms with Gasteiger partial charge in [-0.1, -0.05) is 35.9 Å². The van der Waals surface area contributed by atoms with Crippen LogP contribution in [0.25, 0.3) is 0 Å². The summed E-state index contributed by atoms with van der Waals surface area (Å²) in [5, 5.41) is 12.7. The lowest BCUT2D eigenvalue weighted by molar-refractivity contribution is 0.0907. The van der Waals surface area contributed by atoms with Gasteiger partial charge in [0.2, 0.25) is 0 Å². The lowest BCUT2D eigenvalue weighted by Gasteiger charge is -2.14. The molecule has 5 nitrogen and oxygen atoms in total. The van der Waals surface area contributed by atoms with Crippen molar-refractivity contribution in [3.63, 3.8) is 0 Å². The van der Waals surface area contributed by atoms with Crippen LogP contribution in [0.2, 0.25) is 0 Å². The van der Waals surface area contributed by atoms with E-state index < -0.39 is 6.10 Å². The predicted octanol–water partition coefficient (Wildman–Crippen LogP) is 1.16. The molecule has 21 heavy (non-hydrogen) atoms. The molecule has 0 aliphatic carbocycles. The Morgan fingerprint density at radius 3 is 2.71 bits per heavy atom. The quantitative estimate of drug-likeness (QED) is 0.886. The number of carbonyl (C=O) groups is 1. The van der Waals surface area contributed by atoms with Crippen LogP contribution >= 0.6 is 0 Å². The molecule has 1 aromatic carbocycles. The van der Waals surface area contributed by atoms with Gasteiger partial charge in [0.15, 0.2) is 0 Å². The number of amides is 1. The Morgan fingerprint density at radius 2 is 2.00 bits per heavy atom. The molecule has 0 spiro atoms. The first-order valence-corrected chi connectivity index (χ1v) is 6.68. The van der Waals surface area contributed by atoms with Crippen LogP contribution < -0.4 is 10.9 Å². The van der Waals surface area contributed by atoms with Gasteiger partial charge in [-0.3, -0.25) is 9.59 Å². The largest absolute Gasteiger partial charge is 0.387 e. The number of carbonyl (C=O) groups excluding carboxylic acids is 1. The Bertz CT molecular complexity index is 707. The summed E-state index contributed by atoms with van der Waals surface area (Å²) < 4.78 is 1.27. The minimum atomic E-state index is -0.783. The zero-order valence-corrected chi connectivity index (χ0v) is 12.0. The summed E-state index contributed by atoms with van der Waals surface area (Å²) in [6.45, 7) is 2.03. The topological polar surface area (TPSA) is 71.3 Å². The first-order valence-electron chi connectivity index (χ1n) is 6.68. The highest BCUT2D eigenvalue weighted by Gasteiger charge is 2.13. The number of aryl methyl sites for hydroxylation is 1. The van der Waals surface area contributed by atoms with E-state index in [4.69, 9.17) is 0 Å². The fourth-order valence-corrected chi connectivity index (χ4v) is 2.07. The van der Waals surface area contributed by atoms with Gasteiger partial charge in [0.25, 0.3) is 11.5 Å². The SMILES string of the molecule is Cc1cccc(C(O)CNC(=O)c2cccc(=O)n2C)c1. The molecule has 0 fully saturated rings. The Labute approximate surface area is 122 Å². The van der Waals surface area contributed by atoms with Gasteiger partial charge in [0.05, 0.1) is 6.10 Å². The van der Waals surface area contributed by atoms with Crippen molar-refractivity contribution in [3.8, 4) is 0 Å². The van der Waals surface area contributed by atoms with Crippen molar-refractivity contribution in [2.75, 3.05) is 6.54 Å². The highest BCUT2D eigenvalue weighted by Crippen LogP contribution is 2.13. The Balaban J connectivity index is 2.04. The van der Waals surface area contributed by atoms with Crippen LogP contribution in [0.3, 0.4) is 0 Å². The molecule has 5 heteroatoms. The Hall–Kier alpha value is -2.40. The molecule has 0 aliphatic heterocycles. The highest BCUT2D eigenvalue weighted by atomic mass is 16.3. The third-order valence-corrected chi connectivity index (χ3v) is 3.30. The summed E-state index contributed by atoms with van der Waals surface area (Å²) in [5.41, 5.74) is 1.81. The molecule has 0 radical (unpaired) electrons. The van der Waals surface area contributed by atoms with Crippen molar-refractivity contribution >= 4 is 5.91 Å². The van der Waals surface area contributed by atoms with Gasteiger partial charge in [0, 0.05) is 19.7 Å². The minimum absolute atomic E-state index is 0.0887. The number of aliphatic hydroxyl groups is 1. The van der Waals surface area contributed by atoms with Crippen LogP contribution in [0.5, 0.6) is 0 Å². The standard InChI is InChI=1S/C16H18N2O3/c1-11-5-3-6-12(9-11)14(19)10-17-16(21)13-7-4-8-15(20)18(13)2/h3-9,14,19H,10H2,1-2H3,(H,17,21). The molecule has 0 bridgehead atoms. The molecule has 2 N–H and O–H groups in total. The smallest absolute Gasteiger partial charge is 0.268 e. The molecule has 1 unspecified atom stereocenters. The van der Waals surface area contributed by atoms with Gasteiger partial charge < -0.3 is 15.0 Å². The van der Waals surface area contributed by atoms with Crippen molar-refractivity contribution in [2.24, 2.45) is 7.05 Å². The van der Waals surface area contributed by atoms with E-state index in [-0.39, 0.29) is 23.7 Å². The van der Waals surface area contributed by atoms with E-state index in [1.165, 1.54) is 23.7 Å². The Morgan fingerprint density at radius 1 is 1.29 bits per heavy atom. The lowest BCUT2D eigenvalue weighted by atomic mass is 10.1. The Kier molecular flexibility index (Phi) is 4.55. The van der Waals surface area contributed by atoms with Crippen LogP contribution in [-0.4, -0.2) is 22.1 Å². The number of nitrogens with zero attached hydrogens (tertiary/aromatic N) is 1. The van der Waals surface area contributed by atoms with Crippen LogP contribution in [0.15, 0.2) is 47.3 Å². The number of nitrogens with one attached hydrogen (secondary N) is 1. The van der Waals surface area contributed by atoms with Crippen LogP contribution in [0.4, 0.5) is 0 Å². The average molecular weight is 286 g/mol. The van der Waals surface area contributed by atoms with Gasteiger partial charge in [-0.25, -0.2) is 0 Å². The maximum Gasteiger partial charge on any atom is 0.268 e. The molecule has 2 aromatic rings. The fraction of sp³-hybridized carbons (Fsp3) is 0.250. The first-order chi connectivity index (χ1) is 9.99. The monoisotopic (exact) mass is 286 g/mol. The normalized spacial score (nSPS) is 12.0. The van der Waals surface area contributed by atoms with E-state index in [1.54, 1.807) is 6.07 Å². The number of aromatic nitrogens is 1. The van der Waals surface area contributed by atoms with Gasteiger partial charge >= 0.3 is 0 Å². The molecular weight excluding hydrogens is 268 g/mol. The molecule has 1 heterocycles. The number of pyridine rings is 1. The molecule has 0 saturated carbocycles. The van der Waals surface area contributed by atoms with E-state index in [1.807, 2.05) is 31.2 Å². The van der Waals surface area contributed by atoms with E-state index in [9.17, 15) is 14.7 Å². The van der Waals surface area contributed by atoms with E-state index in [2.05, 4.69) is 5.32 Å². The van der Waals surface area contributed by atoms with Crippen LogP contribution in [0.1, 0.15) is 27.7 Å². The molecule has 2 rings (SSSR count). The van der Waals surface area contributed by atoms with E-state index in [0.29, 0.717) is 0 Å². The zero-order valence-electron chi connectivity index (χ0n) is 12.0. The van der Waals surface area contributed by atoms with E-state index >= 15 is 0 Å². The molecule has 1 aromatic heterocycles. The van der Waals surface area contributed by atoms with Gasteiger partial charge in [-0.2, -0.15) is 0 Å². The second-order valence-corrected chi connectivity index (χ2v) is 4.95. The number of aliphatic hydroxyl groups excluding tert-OH is 1. The van der Waals surface area contributed by atoms with Gasteiger partial charge in [-0.05, 0) is 18.6 Å². The van der Waals surface area contributed by atoms with Crippen molar-refractivity contribution in [1.82, 2.24) is 9.88 Å². The van der Waals surface area contributed by atoms with Crippen molar-refractivity contribution in [1.29, 1.82) is 0 Å². The second-order valence-electron chi connectivity index (χ2n) is 4.95. The molecule has 110 valence electrons. The third-order valence-electron chi connectivity index (χ3n) is 3.30. The van der Waals surface area contributed by atoms with Crippen molar-refractivity contribution in [2.45, 2.75) is 13.0 Å². The summed E-state index contributed by atoms with van der Waals surface area (Å²) in [5.74, 6) is -0.387. The average Bonchev–Trinajstić information content (AvgIpc) is 2.47. The summed E-state index contributed by atoms with van der Waals surface area (Å²) in [6, 6.07) is 12.0. The third kappa shape index (κ3) is 3.58. The predicted molar refractivity (Wildman–Crippen MR) is 80.2 cm³/mol. The van der Waals surface area contributed by atoms with Crippen LogP contribution in [0, 0.1) is 6.92 Å². The number of hydrogen-bond acceptors (Lipinski definition) is 3. The molecule has 0 saturated heterocycles. The van der Waals surface area contributed by atoms with Gasteiger partial charge in [-0.15, -0.1) is 0 Å². The van der Waals surface area contributed by atoms with Crippen LogP contribution in [-0.2, 0) is 7.05 Å². The van der Waals surface area contributed by atoms with Crippen molar-refractivity contribution in [3.05, 3.63) is 69.6 Å². The maximum atomic E-state index is 12.0. The number of rotatable bonds is 4. The van der Waals surface area contributed by atoms with Gasteiger partial charge in [0.1, 0.15) is 5.69 Å². The molecule has 0 aliphatic rings. The lowest BCUT2D eigenvalue weighted by Crippen LogP contribution is -2.33. The van der Waals surface area contributed by atoms with E-state index in [0.717, 1.165) is 11.1 Å². The van der Waals surface area contributed by atoms with Crippen molar-refractivity contribution < 1.29 is 9.90 Å². The number of benzene rings is 1. The zero-order chi connectivity index (χ0) is 15.4. The first kappa shape index (κ1) is 15.0. The summed E-state index contributed by atoms with van der Waals surface area (Å²) in [6.07, 6.45) is -0.783. The minimum Gasteiger partial charge on any atom is -0.387 e. The highest BCUT2D eigenvalue weighted by molar-refractivity contribution is 5.92. The fourth-order valence-electron chi connectivity index (χ4n) is 2.07. The molecule has 1 atom stereocenters.